The molecule has 0 aliphatic carbocycles. The lowest BCUT2D eigenvalue weighted by molar-refractivity contribution is 0.887. The summed E-state index contributed by atoms with van der Waals surface area (Å²) < 4.78 is 0.412. The van der Waals surface area contributed by atoms with Crippen LogP contribution in [0.1, 0.15) is 16.7 Å². The van der Waals surface area contributed by atoms with Gasteiger partial charge >= 0.3 is 0 Å². The number of nitrogens with two attached hydrogens (primary N) is 1. The summed E-state index contributed by atoms with van der Waals surface area (Å²) in [6.45, 7) is 0. The molecule has 4 rings (SSSR count). The number of anilines is 1. The van der Waals surface area contributed by atoms with E-state index in [1.165, 1.54) is 28.0 Å². The van der Waals surface area contributed by atoms with Gasteiger partial charge in [0.05, 0.1) is 4.75 Å². The van der Waals surface area contributed by atoms with Crippen molar-refractivity contribution < 1.29 is 0 Å². The normalized spacial score (nSPS) is 11.4. The lowest BCUT2D eigenvalue weighted by Gasteiger charge is -2.34. The average Bonchev–Trinajstić information content (AvgIpc) is 3.13. The first kappa shape index (κ1) is 16.8. The molecular weight excluding hydrogens is 358 g/mol. The Kier molecular flexibility index (Phi) is 4.73. The maximum Gasteiger partial charge on any atom is 0.203 e. The van der Waals surface area contributed by atoms with Crippen LogP contribution in [0.4, 0.5) is 5.13 Å². The van der Waals surface area contributed by atoms with Crippen molar-refractivity contribution in [2.75, 3.05) is 5.73 Å². The molecule has 0 aliphatic rings. The Bertz CT molecular complexity index is 873. The van der Waals surface area contributed by atoms with E-state index in [1.54, 1.807) is 11.8 Å². The van der Waals surface area contributed by atoms with E-state index in [4.69, 9.17) is 5.73 Å². The van der Waals surface area contributed by atoms with Crippen LogP contribution in [-0.2, 0) is 4.75 Å². The van der Waals surface area contributed by atoms with Crippen LogP contribution in [0, 0.1) is 0 Å². The summed E-state index contributed by atoms with van der Waals surface area (Å²) >= 11 is 3.10. The Morgan fingerprint density at radius 1 is 0.654 bits per heavy atom. The van der Waals surface area contributed by atoms with Gasteiger partial charge in [-0.25, -0.2) is 0 Å². The molecule has 4 aromatic rings. The number of thioether (sulfide) groups is 1. The second kappa shape index (κ2) is 7.32. The molecule has 2 N–H and O–H groups in total. The summed E-state index contributed by atoms with van der Waals surface area (Å²) in [7, 11) is 0. The highest BCUT2D eigenvalue weighted by molar-refractivity contribution is 8.02. The number of benzene rings is 3. The summed E-state index contributed by atoms with van der Waals surface area (Å²) in [6.07, 6.45) is 0. The second-order valence-electron chi connectivity index (χ2n) is 5.79. The molecule has 0 fully saturated rings. The molecule has 0 aliphatic heterocycles. The quantitative estimate of drug-likeness (QED) is 0.384. The highest BCUT2D eigenvalue weighted by Gasteiger charge is 2.38. The number of nitrogen functional groups attached to an aromatic ring is 1. The Labute approximate surface area is 160 Å². The first-order valence-electron chi connectivity index (χ1n) is 8.23. The van der Waals surface area contributed by atoms with E-state index in [0.717, 1.165) is 4.34 Å². The molecular formula is C21H17N3S2. The van der Waals surface area contributed by atoms with Crippen LogP contribution in [0.25, 0.3) is 0 Å². The minimum Gasteiger partial charge on any atom is -0.374 e. The van der Waals surface area contributed by atoms with Crippen molar-refractivity contribution in [2.24, 2.45) is 0 Å². The minimum atomic E-state index is -0.435. The van der Waals surface area contributed by atoms with E-state index in [9.17, 15) is 0 Å². The highest BCUT2D eigenvalue weighted by atomic mass is 32.2. The summed E-state index contributed by atoms with van der Waals surface area (Å²) in [6, 6.07) is 31.5. The third-order valence-electron chi connectivity index (χ3n) is 4.20. The lowest BCUT2D eigenvalue weighted by Crippen LogP contribution is -2.25. The van der Waals surface area contributed by atoms with E-state index < -0.39 is 4.75 Å². The molecule has 0 bridgehead atoms. The molecule has 26 heavy (non-hydrogen) atoms. The Morgan fingerprint density at radius 3 is 1.42 bits per heavy atom. The molecule has 5 heteroatoms. The first-order chi connectivity index (χ1) is 12.8. The molecule has 0 saturated heterocycles. The largest absolute Gasteiger partial charge is 0.374 e. The van der Waals surface area contributed by atoms with Crippen molar-refractivity contribution in [3.8, 4) is 0 Å². The Hall–Kier alpha value is -2.63. The zero-order chi connectivity index (χ0) is 17.8. The number of rotatable bonds is 5. The van der Waals surface area contributed by atoms with E-state index in [-0.39, 0.29) is 0 Å². The third-order valence-corrected chi connectivity index (χ3v) is 6.52. The monoisotopic (exact) mass is 375 g/mol. The fourth-order valence-electron chi connectivity index (χ4n) is 3.09. The summed E-state index contributed by atoms with van der Waals surface area (Å²) in [5.74, 6) is 0. The van der Waals surface area contributed by atoms with Gasteiger partial charge in [0.15, 0.2) is 4.34 Å². The van der Waals surface area contributed by atoms with Crippen molar-refractivity contribution in [1.82, 2.24) is 10.2 Å². The number of hydrogen-bond acceptors (Lipinski definition) is 5. The van der Waals surface area contributed by atoms with Crippen molar-refractivity contribution in [1.29, 1.82) is 0 Å². The lowest BCUT2D eigenvalue weighted by atomic mass is 9.84. The van der Waals surface area contributed by atoms with Crippen molar-refractivity contribution in [3.63, 3.8) is 0 Å². The summed E-state index contributed by atoms with van der Waals surface area (Å²) in [5.41, 5.74) is 9.42. The zero-order valence-corrected chi connectivity index (χ0v) is 15.6. The minimum absolute atomic E-state index is 0.435. The van der Waals surface area contributed by atoms with Crippen molar-refractivity contribution >= 4 is 28.2 Å². The third kappa shape index (κ3) is 3.11. The number of hydrogen-bond donors (Lipinski definition) is 1. The number of nitrogens with zero attached hydrogens (tertiary/aromatic N) is 2. The van der Waals surface area contributed by atoms with Crippen LogP contribution >= 0.6 is 23.1 Å². The molecule has 3 aromatic carbocycles. The molecule has 128 valence electrons. The van der Waals surface area contributed by atoms with Gasteiger partial charge in [0.25, 0.3) is 0 Å². The molecule has 0 amide bonds. The van der Waals surface area contributed by atoms with Gasteiger partial charge in [-0.15, -0.1) is 10.2 Å². The van der Waals surface area contributed by atoms with Crippen LogP contribution in [0.3, 0.4) is 0 Å². The van der Waals surface area contributed by atoms with Crippen molar-refractivity contribution in [3.05, 3.63) is 108 Å². The van der Waals surface area contributed by atoms with E-state index in [1.807, 2.05) is 18.2 Å². The molecule has 0 unspecified atom stereocenters. The van der Waals surface area contributed by atoms with Crippen LogP contribution in [0.15, 0.2) is 95.3 Å². The van der Waals surface area contributed by atoms with E-state index >= 15 is 0 Å². The fourth-order valence-corrected chi connectivity index (χ4v) is 5.33. The molecule has 0 spiro atoms. The predicted molar refractivity (Wildman–Crippen MR) is 109 cm³/mol. The van der Waals surface area contributed by atoms with Gasteiger partial charge in [-0.2, -0.15) is 0 Å². The summed E-state index contributed by atoms with van der Waals surface area (Å²) in [4.78, 5) is 0. The van der Waals surface area contributed by atoms with Gasteiger partial charge in [0.2, 0.25) is 5.13 Å². The molecule has 0 atom stereocenters. The molecule has 1 aromatic heterocycles. The van der Waals surface area contributed by atoms with Gasteiger partial charge in [-0.1, -0.05) is 114 Å². The molecule has 0 saturated carbocycles. The topological polar surface area (TPSA) is 51.8 Å². The smallest absolute Gasteiger partial charge is 0.203 e. The van der Waals surface area contributed by atoms with Crippen LogP contribution in [0.5, 0.6) is 0 Å². The van der Waals surface area contributed by atoms with Gasteiger partial charge in [0.1, 0.15) is 0 Å². The van der Waals surface area contributed by atoms with Crippen LogP contribution in [0.2, 0.25) is 0 Å². The van der Waals surface area contributed by atoms with Crippen LogP contribution < -0.4 is 5.73 Å². The maximum absolute atomic E-state index is 5.85. The van der Waals surface area contributed by atoms with Gasteiger partial charge in [0, 0.05) is 0 Å². The van der Waals surface area contributed by atoms with Gasteiger partial charge in [-0.05, 0) is 16.7 Å². The standard InChI is InChI=1S/C21H17N3S2/c22-19-23-24-20(25-19)26-21(16-10-4-1-5-11-16,17-12-6-2-7-13-17)18-14-8-3-9-15-18/h1-15H,(H2,22,23). The van der Waals surface area contributed by atoms with Crippen molar-refractivity contribution in [2.45, 2.75) is 9.09 Å². The molecule has 1 heterocycles. The Morgan fingerprint density at radius 2 is 1.08 bits per heavy atom. The van der Waals surface area contributed by atoms with Gasteiger partial charge in [-0.3, -0.25) is 0 Å². The van der Waals surface area contributed by atoms with Crippen LogP contribution in [-0.4, -0.2) is 10.2 Å². The number of aromatic nitrogens is 2. The Balaban J connectivity index is 2.00. The summed E-state index contributed by atoms with van der Waals surface area (Å²) in [5, 5.41) is 8.77. The van der Waals surface area contributed by atoms with Gasteiger partial charge < -0.3 is 5.73 Å². The highest BCUT2D eigenvalue weighted by Crippen LogP contribution is 2.52. The fraction of sp³-hybridized carbons (Fsp3) is 0.0476. The SMILES string of the molecule is Nc1nnc(SC(c2ccccc2)(c2ccccc2)c2ccccc2)s1. The first-order valence-corrected chi connectivity index (χ1v) is 9.87. The predicted octanol–water partition coefficient (Wildman–Crippen LogP) is 5.20. The van der Waals surface area contributed by atoms with E-state index in [2.05, 4.69) is 83.0 Å². The zero-order valence-electron chi connectivity index (χ0n) is 13.9. The average molecular weight is 376 g/mol. The second-order valence-corrected chi connectivity index (χ2v) is 8.26. The molecule has 0 radical (unpaired) electrons. The molecule has 3 nitrogen and oxygen atoms in total. The maximum atomic E-state index is 5.85. The van der Waals surface area contributed by atoms with E-state index in [0.29, 0.717) is 5.13 Å².